The standard InChI is InChI=1S/C34H31FN4O/c1-33-18-21(19-36)31(40)34(2,17-20-11-12-20)28(33)14-13-25-29(24-8-3-5-9-26(24)35)38-32(39-30(25)33)23-15-16-37-27-10-6-4-7-22(23)27/h3-10,15-16,20,28,40H,11-14,17-18H2,1-2H3/t28-,33+,34+/m0/s1. The van der Waals surface area contributed by atoms with Crippen LogP contribution in [0.4, 0.5) is 4.39 Å². The lowest BCUT2D eigenvalue weighted by molar-refractivity contribution is 0.0374. The van der Waals surface area contributed by atoms with Crippen LogP contribution in [0.25, 0.3) is 33.5 Å². The second kappa shape index (κ2) is 8.96. The highest BCUT2D eigenvalue weighted by molar-refractivity contribution is 5.92. The van der Waals surface area contributed by atoms with E-state index >= 15 is 4.39 Å². The van der Waals surface area contributed by atoms with E-state index in [1.807, 2.05) is 36.4 Å². The first kappa shape index (κ1) is 24.9. The fourth-order valence-electron chi connectivity index (χ4n) is 7.70. The highest BCUT2D eigenvalue weighted by Gasteiger charge is 2.57. The minimum atomic E-state index is -0.519. The Kier molecular flexibility index (Phi) is 5.57. The molecule has 0 amide bonds. The molecular weight excluding hydrogens is 499 g/mol. The summed E-state index contributed by atoms with van der Waals surface area (Å²) in [5.74, 6) is 1.14. The molecule has 0 radical (unpaired) electrons. The summed E-state index contributed by atoms with van der Waals surface area (Å²) in [6.07, 6.45) is 6.87. The Morgan fingerprint density at radius 2 is 1.77 bits per heavy atom. The van der Waals surface area contributed by atoms with Gasteiger partial charge in [-0.1, -0.05) is 57.0 Å². The van der Waals surface area contributed by atoms with Gasteiger partial charge < -0.3 is 5.11 Å². The van der Waals surface area contributed by atoms with E-state index < -0.39 is 10.8 Å². The Bertz CT molecular complexity index is 1750. The predicted octanol–water partition coefficient (Wildman–Crippen LogP) is 7.86. The summed E-state index contributed by atoms with van der Waals surface area (Å²) in [5, 5.41) is 22.5. The Morgan fingerprint density at radius 3 is 2.55 bits per heavy atom. The van der Waals surface area contributed by atoms with Crippen molar-refractivity contribution in [1.82, 2.24) is 15.0 Å². The molecule has 0 bridgehead atoms. The maximum Gasteiger partial charge on any atom is 0.160 e. The summed E-state index contributed by atoms with van der Waals surface area (Å²) in [6, 6.07) is 18.9. The smallest absolute Gasteiger partial charge is 0.160 e. The normalized spacial score (nSPS) is 25.8. The van der Waals surface area contributed by atoms with Crippen LogP contribution >= 0.6 is 0 Å². The number of hydrogen-bond donors (Lipinski definition) is 1. The van der Waals surface area contributed by atoms with Gasteiger partial charge in [-0.3, -0.25) is 4.98 Å². The van der Waals surface area contributed by atoms with Gasteiger partial charge in [-0.15, -0.1) is 0 Å². The Labute approximate surface area is 233 Å². The van der Waals surface area contributed by atoms with Crippen molar-refractivity contribution in [1.29, 1.82) is 5.26 Å². The number of para-hydroxylation sites is 1. The largest absolute Gasteiger partial charge is 0.511 e. The molecule has 40 heavy (non-hydrogen) atoms. The first-order chi connectivity index (χ1) is 19.3. The molecule has 3 aliphatic carbocycles. The van der Waals surface area contributed by atoms with Gasteiger partial charge in [0.2, 0.25) is 0 Å². The van der Waals surface area contributed by atoms with Crippen molar-refractivity contribution in [2.24, 2.45) is 17.3 Å². The molecule has 2 aromatic heterocycles. The van der Waals surface area contributed by atoms with Crippen LogP contribution in [-0.4, -0.2) is 20.1 Å². The fourth-order valence-corrected chi connectivity index (χ4v) is 7.70. The molecule has 5 nitrogen and oxygen atoms in total. The average molecular weight is 531 g/mol. The molecule has 1 fully saturated rings. The number of halogens is 1. The molecule has 6 heteroatoms. The van der Waals surface area contributed by atoms with Crippen molar-refractivity contribution in [2.45, 2.75) is 57.8 Å². The minimum Gasteiger partial charge on any atom is -0.511 e. The van der Waals surface area contributed by atoms with Crippen molar-refractivity contribution in [2.75, 3.05) is 0 Å². The molecule has 1 saturated carbocycles. The van der Waals surface area contributed by atoms with E-state index in [0.29, 0.717) is 41.4 Å². The quantitative estimate of drug-likeness (QED) is 0.290. The van der Waals surface area contributed by atoms with E-state index in [2.05, 4.69) is 24.9 Å². The summed E-state index contributed by atoms with van der Waals surface area (Å²) in [5.41, 5.74) is 3.97. The third kappa shape index (κ3) is 3.67. The van der Waals surface area contributed by atoms with Crippen LogP contribution in [0, 0.1) is 34.4 Å². The van der Waals surface area contributed by atoms with E-state index in [-0.39, 0.29) is 17.5 Å². The molecule has 7 rings (SSSR count). The van der Waals surface area contributed by atoms with Crippen LogP contribution < -0.4 is 0 Å². The predicted molar refractivity (Wildman–Crippen MR) is 153 cm³/mol. The molecule has 2 heterocycles. The minimum absolute atomic E-state index is 0.0932. The topological polar surface area (TPSA) is 82.7 Å². The molecule has 2 aromatic carbocycles. The number of fused-ring (bicyclic) bond motifs is 4. The second-order valence-electron chi connectivity index (χ2n) is 12.3. The third-order valence-electron chi connectivity index (χ3n) is 9.70. The summed E-state index contributed by atoms with van der Waals surface area (Å²) < 4.78 is 15.3. The third-order valence-corrected chi connectivity index (χ3v) is 9.70. The highest BCUT2D eigenvalue weighted by atomic mass is 19.1. The van der Waals surface area contributed by atoms with Crippen molar-refractivity contribution in [3.8, 4) is 28.7 Å². The van der Waals surface area contributed by atoms with Crippen LogP contribution in [0.1, 0.15) is 57.2 Å². The van der Waals surface area contributed by atoms with Crippen molar-refractivity contribution in [3.05, 3.63) is 89.2 Å². The van der Waals surface area contributed by atoms with Crippen LogP contribution in [0.5, 0.6) is 0 Å². The molecule has 200 valence electrons. The molecule has 0 aliphatic heterocycles. The number of pyridine rings is 1. The average Bonchev–Trinajstić information content (AvgIpc) is 3.78. The van der Waals surface area contributed by atoms with Crippen LogP contribution in [0.2, 0.25) is 0 Å². The highest BCUT2D eigenvalue weighted by Crippen LogP contribution is 2.62. The summed E-state index contributed by atoms with van der Waals surface area (Å²) >= 11 is 0. The zero-order chi connectivity index (χ0) is 27.6. The molecule has 1 N–H and O–H groups in total. The van der Waals surface area contributed by atoms with E-state index in [9.17, 15) is 10.4 Å². The van der Waals surface area contributed by atoms with Gasteiger partial charge in [0.25, 0.3) is 0 Å². The fraction of sp³-hybridized carbons (Fsp3) is 0.353. The number of aromatic nitrogens is 3. The number of aliphatic hydroxyl groups is 1. The number of rotatable bonds is 4. The molecule has 0 unspecified atom stereocenters. The Balaban J connectivity index is 1.51. The van der Waals surface area contributed by atoms with Gasteiger partial charge in [-0.05, 0) is 61.8 Å². The van der Waals surface area contributed by atoms with Gasteiger partial charge in [0.15, 0.2) is 5.82 Å². The van der Waals surface area contributed by atoms with E-state index in [0.717, 1.165) is 40.6 Å². The zero-order valence-corrected chi connectivity index (χ0v) is 22.8. The maximum atomic E-state index is 15.3. The maximum absolute atomic E-state index is 15.3. The number of benzene rings is 2. The summed E-state index contributed by atoms with van der Waals surface area (Å²) in [4.78, 5) is 14.9. The molecular formula is C34H31FN4O. The van der Waals surface area contributed by atoms with Gasteiger partial charge in [-0.25, -0.2) is 14.4 Å². The molecule has 0 saturated heterocycles. The summed E-state index contributed by atoms with van der Waals surface area (Å²) in [6.45, 7) is 4.33. The van der Waals surface area contributed by atoms with Gasteiger partial charge in [0.1, 0.15) is 11.6 Å². The van der Waals surface area contributed by atoms with E-state index in [1.165, 1.54) is 18.9 Å². The summed E-state index contributed by atoms with van der Waals surface area (Å²) in [7, 11) is 0. The Morgan fingerprint density at radius 1 is 1.00 bits per heavy atom. The SMILES string of the molecule is C[C@]1(CC2CC2)C(O)=C(C#N)C[C@@]2(C)c3nc(-c4ccnc5ccccc45)nc(-c4ccccc4F)c3CC[C@H]12. The van der Waals surface area contributed by atoms with Crippen LogP contribution in [-0.2, 0) is 11.8 Å². The zero-order valence-electron chi connectivity index (χ0n) is 22.8. The van der Waals surface area contributed by atoms with Crippen molar-refractivity contribution >= 4 is 10.9 Å². The van der Waals surface area contributed by atoms with Crippen molar-refractivity contribution < 1.29 is 9.50 Å². The van der Waals surface area contributed by atoms with Gasteiger partial charge >= 0.3 is 0 Å². The van der Waals surface area contributed by atoms with Crippen LogP contribution in [0.3, 0.4) is 0 Å². The number of hydrogen-bond acceptors (Lipinski definition) is 5. The Hall–Kier alpha value is -4.11. The lowest BCUT2D eigenvalue weighted by Crippen LogP contribution is -2.51. The van der Waals surface area contributed by atoms with Crippen molar-refractivity contribution in [3.63, 3.8) is 0 Å². The monoisotopic (exact) mass is 530 g/mol. The van der Waals surface area contributed by atoms with E-state index in [4.69, 9.17) is 9.97 Å². The van der Waals surface area contributed by atoms with Gasteiger partial charge in [0, 0.05) is 39.1 Å². The lowest BCUT2D eigenvalue weighted by atomic mass is 9.50. The number of aliphatic hydroxyl groups excluding tert-OH is 1. The van der Waals surface area contributed by atoms with Gasteiger partial charge in [-0.2, -0.15) is 5.26 Å². The lowest BCUT2D eigenvalue weighted by Gasteiger charge is -2.54. The second-order valence-corrected chi connectivity index (χ2v) is 12.3. The molecule has 3 aliphatic rings. The first-order valence-electron chi connectivity index (χ1n) is 14.2. The first-order valence-corrected chi connectivity index (χ1v) is 14.2. The molecule has 4 aromatic rings. The number of nitriles is 1. The van der Waals surface area contributed by atoms with Gasteiger partial charge in [0.05, 0.1) is 28.5 Å². The van der Waals surface area contributed by atoms with E-state index in [1.54, 1.807) is 18.3 Å². The molecule has 0 spiro atoms. The molecule has 3 atom stereocenters. The number of nitrogens with zero attached hydrogens (tertiary/aromatic N) is 4. The number of allylic oxidation sites excluding steroid dienone is 2. The van der Waals surface area contributed by atoms with Crippen LogP contribution in [0.15, 0.2) is 72.1 Å².